The first kappa shape index (κ1) is 30.2. The van der Waals surface area contributed by atoms with E-state index in [2.05, 4.69) is 22.5 Å². The largest absolute Gasteiger partial charge is 0.508 e. The molecule has 37 heavy (non-hydrogen) atoms. The lowest BCUT2D eigenvalue weighted by molar-refractivity contribution is -0.143. The number of hydrogen-bond acceptors (Lipinski definition) is 9. The molecule has 7 atom stereocenters. The predicted molar refractivity (Wildman–Crippen MR) is 134 cm³/mol. The van der Waals surface area contributed by atoms with Gasteiger partial charge in [0.2, 0.25) is 17.7 Å². The SMILES string of the molecule is C=C(C)C(CO)NC(=O)C(NC(=O)C1CC(O)CN1C(=O)C(NC)C(C)O)C(O)Cc1ccc(O)cc1. The highest BCUT2D eigenvalue weighted by molar-refractivity contribution is 5.94. The molecule has 1 heterocycles. The van der Waals surface area contributed by atoms with Crippen molar-refractivity contribution in [2.45, 2.75) is 69.2 Å². The fourth-order valence-corrected chi connectivity index (χ4v) is 4.22. The van der Waals surface area contributed by atoms with E-state index in [0.717, 1.165) is 4.90 Å². The first-order valence-corrected chi connectivity index (χ1v) is 12.1. The van der Waals surface area contributed by atoms with Crippen LogP contribution in [0.15, 0.2) is 36.4 Å². The molecular formula is C25H38N4O8. The zero-order chi connectivity index (χ0) is 27.9. The Bertz CT molecular complexity index is 955. The average Bonchev–Trinajstić information content (AvgIpc) is 3.23. The van der Waals surface area contributed by atoms with Crippen molar-refractivity contribution in [2.24, 2.45) is 0 Å². The van der Waals surface area contributed by atoms with Crippen molar-refractivity contribution >= 4 is 17.7 Å². The summed E-state index contributed by atoms with van der Waals surface area (Å²) < 4.78 is 0. The van der Waals surface area contributed by atoms with Gasteiger partial charge in [0, 0.05) is 19.4 Å². The average molecular weight is 523 g/mol. The summed E-state index contributed by atoms with van der Waals surface area (Å²) in [4.78, 5) is 40.6. The number of benzene rings is 1. The van der Waals surface area contributed by atoms with Gasteiger partial charge in [-0.1, -0.05) is 24.3 Å². The molecule has 0 aliphatic carbocycles. The molecule has 0 aromatic heterocycles. The summed E-state index contributed by atoms with van der Waals surface area (Å²) in [6.45, 7) is 6.14. The third-order valence-corrected chi connectivity index (χ3v) is 6.36. The van der Waals surface area contributed by atoms with Crippen molar-refractivity contribution in [1.29, 1.82) is 0 Å². The molecule has 1 aromatic rings. The Morgan fingerprint density at radius 2 is 1.76 bits per heavy atom. The second-order valence-corrected chi connectivity index (χ2v) is 9.42. The Hall–Kier alpha value is -3.03. The Labute approximate surface area is 216 Å². The Balaban J connectivity index is 2.29. The van der Waals surface area contributed by atoms with Gasteiger partial charge in [0.05, 0.1) is 31.0 Å². The molecule has 1 aliphatic rings. The third-order valence-electron chi connectivity index (χ3n) is 6.36. The summed E-state index contributed by atoms with van der Waals surface area (Å²) in [7, 11) is 1.48. The number of aromatic hydroxyl groups is 1. The standard InChI is InChI=1S/C25H38N4O8/c1-13(2)18(12-30)27-24(36)22(20(34)9-15-5-7-16(32)8-6-15)28-23(35)19-10-17(33)11-29(19)25(37)21(26-4)14(3)31/h5-8,14,17-22,26,30-34H,1,9-12H2,2-4H3,(H,27,36)(H,28,35). The molecule has 206 valence electrons. The minimum Gasteiger partial charge on any atom is -0.508 e. The number of carbonyl (C=O) groups is 3. The lowest BCUT2D eigenvalue weighted by atomic mass is 9.99. The van der Waals surface area contributed by atoms with Crippen LogP contribution in [0.25, 0.3) is 0 Å². The number of rotatable bonds is 12. The number of amides is 3. The number of β-amino-alcohol motifs (C(OH)–C–C–N with tert-alkyl or cyclic N) is 1. The van der Waals surface area contributed by atoms with Crippen LogP contribution in [-0.2, 0) is 20.8 Å². The lowest BCUT2D eigenvalue weighted by Crippen LogP contribution is -2.60. The Morgan fingerprint density at radius 1 is 1.14 bits per heavy atom. The molecule has 3 amide bonds. The number of aliphatic hydroxyl groups is 4. The van der Waals surface area contributed by atoms with Crippen molar-refractivity contribution in [3.05, 3.63) is 42.0 Å². The number of phenolic OH excluding ortho intramolecular Hbond substituents is 1. The zero-order valence-electron chi connectivity index (χ0n) is 21.3. The topological polar surface area (TPSA) is 192 Å². The smallest absolute Gasteiger partial charge is 0.245 e. The molecule has 0 radical (unpaired) electrons. The van der Waals surface area contributed by atoms with Crippen LogP contribution >= 0.6 is 0 Å². The predicted octanol–water partition coefficient (Wildman–Crippen LogP) is -2.24. The highest BCUT2D eigenvalue weighted by Crippen LogP contribution is 2.21. The summed E-state index contributed by atoms with van der Waals surface area (Å²) >= 11 is 0. The van der Waals surface area contributed by atoms with Gasteiger partial charge in [-0.3, -0.25) is 14.4 Å². The van der Waals surface area contributed by atoms with Gasteiger partial charge in [-0.05, 0) is 38.6 Å². The van der Waals surface area contributed by atoms with E-state index in [1.807, 2.05) is 0 Å². The number of likely N-dealkylation sites (N-methyl/N-ethyl adjacent to an activating group) is 1. The van der Waals surface area contributed by atoms with Gasteiger partial charge in [0.1, 0.15) is 23.9 Å². The first-order valence-electron chi connectivity index (χ1n) is 12.1. The molecule has 1 saturated heterocycles. The minimum atomic E-state index is -1.48. The molecule has 7 unspecified atom stereocenters. The van der Waals surface area contributed by atoms with Crippen LogP contribution in [0.5, 0.6) is 5.75 Å². The molecule has 12 nitrogen and oxygen atoms in total. The van der Waals surface area contributed by atoms with E-state index in [1.54, 1.807) is 19.1 Å². The highest BCUT2D eigenvalue weighted by atomic mass is 16.3. The van der Waals surface area contributed by atoms with Gasteiger partial charge in [-0.2, -0.15) is 0 Å². The summed E-state index contributed by atoms with van der Waals surface area (Å²) in [6.07, 6.45) is -3.64. The molecule has 1 aromatic carbocycles. The zero-order valence-corrected chi connectivity index (χ0v) is 21.3. The van der Waals surface area contributed by atoms with Crippen molar-refractivity contribution in [2.75, 3.05) is 20.2 Å². The molecule has 0 saturated carbocycles. The molecule has 0 spiro atoms. The van der Waals surface area contributed by atoms with Gasteiger partial charge in [0.15, 0.2) is 0 Å². The van der Waals surface area contributed by atoms with E-state index in [0.29, 0.717) is 11.1 Å². The van der Waals surface area contributed by atoms with E-state index in [1.165, 1.54) is 26.1 Å². The maximum atomic E-state index is 13.3. The van der Waals surface area contributed by atoms with Crippen molar-refractivity contribution < 1.29 is 39.9 Å². The number of carbonyl (C=O) groups excluding carboxylic acids is 3. The second-order valence-electron chi connectivity index (χ2n) is 9.42. The Kier molecular flexibility index (Phi) is 11.0. The second kappa shape index (κ2) is 13.5. The van der Waals surface area contributed by atoms with E-state index < -0.39 is 66.8 Å². The molecule has 12 heteroatoms. The number of hydrogen-bond donors (Lipinski definition) is 8. The normalized spacial score (nSPS) is 21.4. The third kappa shape index (κ3) is 7.98. The summed E-state index contributed by atoms with van der Waals surface area (Å²) in [6, 6.07) is 1.49. The van der Waals surface area contributed by atoms with Gasteiger partial charge in [0.25, 0.3) is 0 Å². The van der Waals surface area contributed by atoms with Gasteiger partial charge in [-0.15, -0.1) is 0 Å². The monoisotopic (exact) mass is 522 g/mol. The quantitative estimate of drug-likeness (QED) is 0.140. The lowest BCUT2D eigenvalue weighted by Gasteiger charge is -2.31. The summed E-state index contributed by atoms with van der Waals surface area (Å²) in [5.41, 5.74) is 1.04. The highest BCUT2D eigenvalue weighted by Gasteiger charge is 2.43. The molecule has 2 rings (SSSR count). The van der Waals surface area contributed by atoms with Crippen LogP contribution in [-0.4, -0.2) is 111 Å². The number of phenols is 1. The maximum absolute atomic E-state index is 13.3. The van der Waals surface area contributed by atoms with Crippen molar-refractivity contribution in [1.82, 2.24) is 20.9 Å². The molecule has 1 fully saturated rings. The van der Waals surface area contributed by atoms with Gasteiger partial charge >= 0.3 is 0 Å². The number of nitrogens with zero attached hydrogens (tertiary/aromatic N) is 1. The van der Waals surface area contributed by atoms with Crippen LogP contribution < -0.4 is 16.0 Å². The van der Waals surface area contributed by atoms with E-state index in [4.69, 9.17) is 0 Å². The van der Waals surface area contributed by atoms with E-state index >= 15 is 0 Å². The maximum Gasteiger partial charge on any atom is 0.245 e. The fraction of sp³-hybridized carbons (Fsp3) is 0.560. The number of likely N-dealkylation sites (tertiary alicyclic amines) is 1. The Morgan fingerprint density at radius 3 is 2.27 bits per heavy atom. The molecule has 1 aliphatic heterocycles. The number of aliphatic hydroxyl groups excluding tert-OH is 4. The van der Waals surface area contributed by atoms with Crippen LogP contribution in [0, 0.1) is 0 Å². The molecule has 0 bridgehead atoms. The van der Waals surface area contributed by atoms with Crippen LogP contribution in [0.4, 0.5) is 0 Å². The van der Waals surface area contributed by atoms with E-state index in [-0.39, 0.29) is 25.1 Å². The summed E-state index contributed by atoms with van der Waals surface area (Å²) in [5, 5.41) is 57.9. The molecular weight excluding hydrogens is 484 g/mol. The minimum absolute atomic E-state index is 0.0229. The van der Waals surface area contributed by atoms with Gasteiger partial charge in [-0.25, -0.2) is 0 Å². The number of nitrogens with one attached hydrogen (secondary N) is 3. The van der Waals surface area contributed by atoms with Crippen molar-refractivity contribution in [3.8, 4) is 5.75 Å². The van der Waals surface area contributed by atoms with Gasteiger partial charge < -0.3 is 46.4 Å². The van der Waals surface area contributed by atoms with Crippen LogP contribution in [0.3, 0.4) is 0 Å². The fourth-order valence-electron chi connectivity index (χ4n) is 4.22. The van der Waals surface area contributed by atoms with Crippen LogP contribution in [0.1, 0.15) is 25.8 Å². The van der Waals surface area contributed by atoms with Crippen LogP contribution in [0.2, 0.25) is 0 Å². The van der Waals surface area contributed by atoms with E-state index in [9.17, 15) is 39.9 Å². The summed E-state index contributed by atoms with van der Waals surface area (Å²) in [5.74, 6) is -2.13. The first-order chi connectivity index (χ1) is 17.4. The van der Waals surface area contributed by atoms with Crippen molar-refractivity contribution in [3.63, 3.8) is 0 Å². The molecule has 8 N–H and O–H groups in total.